The molecule has 0 spiro atoms. The number of hydrogen-bond donors (Lipinski definition) is 0. The van der Waals surface area contributed by atoms with Gasteiger partial charge in [0, 0.05) is 7.11 Å². The van der Waals surface area contributed by atoms with Crippen LogP contribution in [-0.4, -0.2) is 12.7 Å². The van der Waals surface area contributed by atoms with Crippen LogP contribution in [0.5, 0.6) is 0 Å². The van der Waals surface area contributed by atoms with Gasteiger partial charge in [0.15, 0.2) is 0 Å². The largest absolute Gasteiger partial charge is 0.373 e. The van der Waals surface area contributed by atoms with Crippen molar-refractivity contribution < 1.29 is 4.74 Å². The number of benzene rings is 1. The molecule has 0 fully saturated rings. The fraction of sp³-hybridized carbons (Fsp3) is 0.286. The molecule has 0 aliphatic heterocycles. The molecular formula is C14H16O. The first-order valence-electron chi connectivity index (χ1n) is 5.24. The predicted octanol–water partition coefficient (Wildman–Crippen LogP) is 3.44. The highest BCUT2D eigenvalue weighted by molar-refractivity contribution is 5.74. The van der Waals surface area contributed by atoms with E-state index < -0.39 is 0 Å². The van der Waals surface area contributed by atoms with Crippen LogP contribution in [0, 0.1) is 0 Å². The van der Waals surface area contributed by atoms with Crippen LogP contribution >= 0.6 is 0 Å². The van der Waals surface area contributed by atoms with Crippen molar-refractivity contribution in [2.75, 3.05) is 7.11 Å². The molecule has 0 bridgehead atoms. The van der Waals surface area contributed by atoms with Gasteiger partial charge in [-0.3, -0.25) is 0 Å². The summed E-state index contributed by atoms with van der Waals surface area (Å²) in [4.78, 5) is 0. The first kappa shape index (κ1) is 10.2. The Hall–Kier alpha value is -1.34. The standard InChI is InChI=1S/C14H16O/c1-14(15-2)11-7-6-10-13(14)12-8-4-3-5-9-12/h3-10H,11H2,1-2H3. The molecule has 0 saturated carbocycles. The summed E-state index contributed by atoms with van der Waals surface area (Å²) in [7, 11) is 1.77. The molecule has 15 heavy (non-hydrogen) atoms. The minimum Gasteiger partial charge on any atom is -0.373 e. The number of allylic oxidation sites excluding steroid dienone is 2. The first-order chi connectivity index (χ1) is 7.26. The summed E-state index contributed by atoms with van der Waals surface area (Å²) in [5.74, 6) is 0. The van der Waals surface area contributed by atoms with E-state index >= 15 is 0 Å². The first-order valence-corrected chi connectivity index (χ1v) is 5.24. The number of hydrogen-bond acceptors (Lipinski definition) is 1. The van der Waals surface area contributed by atoms with Crippen LogP contribution in [0.3, 0.4) is 0 Å². The van der Waals surface area contributed by atoms with Gasteiger partial charge in [0.05, 0.1) is 5.60 Å². The van der Waals surface area contributed by atoms with Gasteiger partial charge in [-0.15, -0.1) is 0 Å². The summed E-state index contributed by atoms with van der Waals surface area (Å²) in [6.07, 6.45) is 7.33. The van der Waals surface area contributed by atoms with E-state index in [9.17, 15) is 0 Å². The second-order valence-corrected chi connectivity index (χ2v) is 4.01. The minimum absolute atomic E-state index is 0.184. The summed E-state index contributed by atoms with van der Waals surface area (Å²) in [6.45, 7) is 2.13. The minimum atomic E-state index is -0.184. The summed E-state index contributed by atoms with van der Waals surface area (Å²) in [5.41, 5.74) is 2.31. The molecule has 1 aliphatic rings. The topological polar surface area (TPSA) is 9.23 Å². The van der Waals surface area contributed by atoms with Crippen LogP contribution in [-0.2, 0) is 4.74 Å². The highest BCUT2D eigenvalue weighted by atomic mass is 16.5. The fourth-order valence-corrected chi connectivity index (χ4v) is 1.96. The Balaban J connectivity index is 2.42. The van der Waals surface area contributed by atoms with Gasteiger partial charge in [-0.25, -0.2) is 0 Å². The Bertz CT molecular complexity index is 389. The molecular weight excluding hydrogens is 184 g/mol. The predicted molar refractivity (Wildman–Crippen MR) is 63.6 cm³/mol. The van der Waals surface area contributed by atoms with Gasteiger partial charge < -0.3 is 4.74 Å². The Morgan fingerprint density at radius 3 is 2.60 bits per heavy atom. The number of ether oxygens (including phenoxy) is 1. The Kier molecular flexibility index (Phi) is 2.74. The summed E-state index contributed by atoms with van der Waals surface area (Å²) in [5, 5.41) is 0. The average molecular weight is 200 g/mol. The normalized spacial score (nSPS) is 25.1. The van der Waals surface area contributed by atoms with Crippen molar-refractivity contribution in [1.82, 2.24) is 0 Å². The van der Waals surface area contributed by atoms with Crippen molar-refractivity contribution in [3.63, 3.8) is 0 Å². The van der Waals surface area contributed by atoms with Crippen LogP contribution in [0.2, 0.25) is 0 Å². The van der Waals surface area contributed by atoms with Crippen LogP contribution in [0.15, 0.2) is 48.6 Å². The number of rotatable bonds is 2. The second-order valence-electron chi connectivity index (χ2n) is 4.01. The zero-order chi connectivity index (χ0) is 10.7. The van der Waals surface area contributed by atoms with Crippen molar-refractivity contribution in [2.24, 2.45) is 0 Å². The van der Waals surface area contributed by atoms with Crippen molar-refractivity contribution in [3.8, 4) is 0 Å². The molecule has 0 saturated heterocycles. The van der Waals surface area contributed by atoms with Gasteiger partial charge in [-0.2, -0.15) is 0 Å². The molecule has 1 heteroatoms. The molecule has 0 N–H and O–H groups in total. The molecule has 0 aromatic heterocycles. The molecule has 78 valence electrons. The van der Waals surface area contributed by atoms with E-state index in [4.69, 9.17) is 4.74 Å². The second kappa shape index (κ2) is 4.03. The van der Waals surface area contributed by atoms with Gasteiger partial charge >= 0.3 is 0 Å². The molecule has 0 heterocycles. The number of methoxy groups -OCH3 is 1. The summed E-state index contributed by atoms with van der Waals surface area (Å²) in [6, 6.07) is 10.4. The average Bonchev–Trinajstić information content (AvgIpc) is 2.31. The van der Waals surface area contributed by atoms with Crippen LogP contribution < -0.4 is 0 Å². The lowest BCUT2D eigenvalue weighted by molar-refractivity contribution is 0.0597. The molecule has 1 unspecified atom stereocenters. The van der Waals surface area contributed by atoms with Crippen molar-refractivity contribution in [3.05, 3.63) is 54.1 Å². The van der Waals surface area contributed by atoms with Gasteiger partial charge in [-0.1, -0.05) is 48.6 Å². The molecule has 2 rings (SSSR count). The molecule has 0 amide bonds. The van der Waals surface area contributed by atoms with Gasteiger partial charge in [0.25, 0.3) is 0 Å². The zero-order valence-electron chi connectivity index (χ0n) is 9.23. The monoisotopic (exact) mass is 200 g/mol. The molecule has 1 aromatic carbocycles. The highest BCUT2D eigenvalue weighted by Crippen LogP contribution is 2.35. The third kappa shape index (κ3) is 1.88. The maximum atomic E-state index is 5.63. The van der Waals surface area contributed by atoms with Gasteiger partial charge in [0.2, 0.25) is 0 Å². The Morgan fingerprint density at radius 2 is 1.93 bits per heavy atom. The van der Waals surface area contributed by atoms with E-state index in [0.717, 1.165) is 6.42 Å². The maximum absolute atomic E-state index is 5.63. The molecule has 1 atom stereocenters. The fourth-order valence-electron chi connectivity index (χ4n) is 1.96. The third-order valence-electron chi connectivity index (χ3n) is 3.01. The van der Waals surface area contributed by atoms with Crippen molar-refractivity contribution in [1.29, 1.82) is 0 Å². The van der Waals surface area contributed by atoms with E-state index in [0.29, 0.717) is 0 Å². The smallest absolute Gasteiger partial charge is 0.0939 e. The third-order valence-corrected chi connectivity index (χ3v) is 3.01. The van der Waals surface area contributed by atoms with Crippen molar-refractivity contribution >= 4 is 5.57 Å². The van der Waals surface area contributed by atoms with Gasteiger partial charge in [0.1, 0.15) is 0 Å². The molecule has 1 aliphatic carbocycles. The highest BCUT2D eigenvalue weighted by Gasteiger charge is 2.29. The van der Waals surface area contributed by atoms with E-state index in [1.165, 1.54) is 11.1 Å². The summed E-state index contributed by atoms with van der Waals surface area (Å²) >= 11 is 0. The van der Waals surface area contributed by atoms with Crippen molar-refractivity contribution in [2.45, 2.75) is 18.9 Å². The van der Waals surface area contributed by atoms with Gasteiger partial charge in [-0.05, 0) is 24.5 Å². The maximum Gasteiger partial charge on any atom is 0.0939 e. The SMILES string of the molecule is COC1(C)CC=CC=C1c1ccccc1. The lowest BCUT2D eigenvalue weighted by Gasteiger charge is -2.32. The quantitative estimate of drug-likeness (QED) is 0.710. The molecule has 1 aromatic rings. The van der Waals surface area contributed by atoms with E-state index in [1.54, 1.807) is 7.11 Å². The van der Waals surface area contributed by atoms with Crippen LogP contribution in [0.4, 0.5) is 0 Å². The Labute approximate surface area is 91.1 Å². The molecule has 0 radical (unpaired) electrons. The summed E-state index contributed by atoms with van der Waals surface area (Å²) < 4.78 is 5.63. The van der Waals surface area contributed by atoms with E-state index in [2.05, 4.69) is 49.4 Å². The molecule has 1 nitrogen and oxygen atoms in total. The van der Waals surface area contributed by atoms with E-state index in [-0.39, 0.29) is 5.60 Å². The lowest BCUT2D eigenvalue weighted by Crippen LogP contribution is -2.29. The van der Waals surface area contributed by atoms with Crippen LogP contribution in [0.25, 0.3) is 5.57 Å². The lowest BCUT2D eigenvalue weighted by atomic mass is 9.84. The zero-order valence-corrected chi connectivity index (χ0v) is 9.23. The van der Waals surface area contributed by atoms with E-state index in [1.807, 2.05) is 6.07 Å². The Morgan fingerprint density at radius 1 is 1.20 bits per heavy atom. The van der Waals surface area contributed by atoms with Crippen LogP contribution in [0.1, 0.15) is 18.9 Å².